The molecule has 2 aliphatic heterocycles. The van der Waals surface area contributed by atoms with E-state index in [-0.39, 0.29) is 18.3 Å². The van der Waals surface area contributed by atoms with Crippen molar-refractivity contribution >= 4 is 24.1 Å². The maximum Gasteiger partial charge on any atom is 0.225 e. The molecule has 0 radical (unpaired) electrons. The second-order valence-corrected chi connectivity index (χ2v) is 6.18. The van der Waals surface area contributed by atoms with Gasteiger partial charge in [-0.2, -0.15) is 5.10 Å². The predicted octanol–water partition coefficient (Wildman–Crippen LogP) is 1.81. The highest BCUT2D eigenvalue weighted by Gasteiger charge is 2.34. The summed E-state index contributed by atoms with van der Waals surface area (Å²) in [7, 11) is 1.67. The quantitative estimate of drug-likeness (QED) is 0.835. The molecule has 0 aromatic carbocycles. The number of anilines is 1. The van der Waals surface area contributed by atoms with E-state index in [9.17, 15) is 4.79 Å². The van der Waals surface area contributed by atoms with Crippen LogP contribution < -0.4 is 10.6 Å². The van der Waals surface area contributed by atoms with Gasteiger partial charge in [-0.05, 0) is 31.6 Å². The molecule has 7 heteroatoms. The number of piperidine rings is 1. The van der Waals surface area contributed by atoms with Gasteiger partial charge in [0.2, 0.25) is 5.91 Å². The van der Waals surface area contributed by atoms with Crippen LogP contribution in [-0.4, -0.2) is 41.5 Å². The molecule has 124 valence electrons. The smallest absolute Gasteiger partial charge is 0.225 e. The number of nitrogens with zero attached hydrogens (tertiary/aromatic N) is 2. The number of carbonyl (C=O) groups is 1. The monoisotopic (exact) mass is 328 g/mol. The molecule has 3 heterocycles. The van der Waals surface area contributed by atoms with Crippen LogP contribution in [0.5, 0.6) is 0 Å². The molecule has 1 amide bonds. The average molecular weight is 329 g/mol. The predicted molar refractivity (Wildman–Crippen MR) is 87.3 cm³/mol. The lowest BCUT2D eigenvalue weighted by atomic mass is 9.89. The molecule has 2 fully saturated rings. The van der Waals surface area contributed by atoms with Gasteiger partial charge in [-0.25, -0.2) is 0 Å². The molecule has 2 bridgehead atoms. The highest BCUT2D eigenvalue weighted by molar-refractivity contribution is 5.89. The van der Waals surface area contributed by atoms with E-state index < -0.39 is 0 Å². The van der Waals surface area contributed by atoms with Gasteiger partial charge in [-0.3, -0.25) is 9.48 Å². The van der Waals surface area contributed by atoms with Crippen LogP contribution >= 0.6 is 12.4 Å². The van der Waals surface area contributed by atoms with Gasteiger partial charge < -0.3 is 15.4 Å². The van der Waals surface area contributed by atoms with Crippen LogP contribution in [0.1, 0.15) is 32.1 Å². The summed E-state index contributed by atoms with van der Waals surface area (Å²) >= 11 is 0. The first-order chi connectivity index (χ1) is 10.2. The average Bonchev–Trinajstić information content (AvgIpc) is 3.03. The molecule has 1 aromatic rings. The van der Waals surface area contributed by atoms with Crippen molar-refractivity contribution in [3.8, 4) is 0 Å². The fourth-order valence-electron chi connectivity index (χ4n) is 3.54. The molecule has 0 spiro atoms. The third-order valence-corrected chi connectivity index (χ3v) is 4.48. The van der Waals surface area contributed by atoms with Crippen LogP contribution in [0.15, 0.2) is 12.3 Å². The molecule has 6 nitrogen and oxygen atoms in total. The topological polar surface area (TPSA) is 68.2 Å². The molecule has 2 N–H and O–H groups in total. The van der Waals surface area contributed by atoms with Crippen molar-refractivity contribution in [3.63, 3.8) is 0 Å². The summed E-state index contributed by atoms with van der Waals surface area (Å²) in [5.74, 6) is 1.23. The van der Waals surface area contributed by atoms with E-state index in [0.29, 0.717) is 43.4 Å². The van der Waals surface area contributed by atoms with E-state index in [2.05, 4.69) is 15.7 Å². The summed E-state index contributed by atoms with van der Waals surface area (Å²) in [5, 5.41) is 10.8. The lowest BCUT2D eigenvalue weighted by Gasteiger charge is -2.28. The number of aromatic nitrogens is 2. The Kier molecular flexibility index (Phi) is 6.23. The molecule has 22 heavy (non-hydrogen) atoms. The van der Waals surface area contributed by atoms with Gasteiger partial charge in [0, 0.05) is 37.9 Å². The number of ether oxygens (including phenoxy) is 1. The number of nitrogens with one attached hydrogen (secondary N) is 2. The minimum atomic E-state index is 0. The van der Waals surface area contributed by atoms with Crippen LogP contribution in [0.25, 0.3) is 0 Å². The highest BCUT2D eigenvalue weighted by atomic mass is 35.5. The molecular formula is C15H25ClN4O2. The first-order valence-electron chi connectivity index (χ1n) is 7.81. The number of rotatable bonds is 6. The second kappa shape index (κ2) is 7.94. The number of amides is 1. The van der Waals surface area contributed by atoms with Crippen molar-refractivity contribution in [1.29, 1.82) is 0 Å². The third kappa shape index (κ3) is 4.44. The molecule has 2 saturated heterocycles. The van der Waals surface area contributed by atoms with Gasteiger partial charge in [0.25, 0.3) is 0 Å². The molecule has 2 unspecified atom stereocenters. The fourth-order valence-corrected chi connectivity index (χ4v) is 3.54. The molecule has 0 aliphatic carbocycles. The van der Waals surface area contributed by atoms with Crippen molar-refractivity contribution < 1.29 is 9.53 Å². The first kappa shape index (κ1) is 17.2. The van der Waals surface area contributed by atoms with Crippen molar-refractivity contribution in [2.24, 2.45) is 5.92 Å². The Balaban J connectivity index is 0.00000176. The summed E-state index contributed by atoms with van der Waals surface area (Å²) in [5.41, 5.74) is 0. The normalized spacial score (nSPS) is 26.5. The molecule has 2 atom stereocenters. The van der Waals surface area contributed by atoms with Crippen LogP contribution in [0, 0.1) is 5.92 Å². The van der Waals surface area contributed by atoms with Crippen molar-refractivity contribution in [2.75, 3.05) is 19.0 Å². The van der Waals surface area contributed by atoms with Crippen molar-refractivity contribution in [1.82, 2.24) is 15.1 Å². The van der Waals surface area contributed by atoms with Gasteiger partial charge in [0.1, 0.15) is 0 Å². The largest absolute Gasteiger partial charge is 0.383 e. The van der Waals surface area contributed by atoms with E-state index >= 15 is 0 Å². The summed E-state index contributed by atoms with van der Waals surface area (Å²) < 4.78 is 6.79. The molecule has 0 saturated carbocycles. The molecule has 2 aliphatic rings. The second-order valence-electron chi connectivity index (χ2n) is 6.18. The van der Waals surface area contributed by atoms with E-state index in [1.165, 1.54) is 12.8 Å². The van der Waals surface area contributed by atoms with E-state index in [1.54, 1.807) is 11.8 Å². The fraction of sp³-hybridized carbons (Fsp3) is 0.733. The molecule has 3 rings (SSSR count). The minimum Gasteiger partial charge on any atom is -0.383 e. The van der Waals surface area contributed by atoms with Gasteiger partial charge in [0.05, 0.1) is 13.2 Å². The zero-order chi connectivity index (χ0) is 14.7. The summed E-state index contributed by atoms with van der Waals surface area (Å²) in [4.78, 5) is 12.1. The van der Waals surface area contributed by atoms with E-state index in [1.807, 2.05) is 12.3 Å². The summed E-state index contributed by atoms with van der Waals surface area (Å²) in [6, 6.07) is 3.10. The third-order valence-electron chi connectivity index (χ3n) is 4.48. The molecular weight excluding hydrogens is 304 g/mol. The standard InChI is InChI=1S/C15H24N4O2.ClH/c1-21-7-6-19-5-4-14(18-19)17-15(20)10-11-8-12-2-3-13(9-11)16-12;/h4-5,11-13,16H,2-3,6-10H2,1H3,(H,17,18,20);1H. The minimum absolute atomic E-state index is 0. The van der Waals surface area contributed by atoms with Crippen LogP contribution in [-0.2, 0) is 16.1 Å². The van der Waals surface area contributed by atoms with E-state index in [0.717, 1.165) is 12.8 Å². The maximum absolute atomic E-state index is 12.1. The Morgan fingerprint density at radius 2 is 2.18 bits per heavy atom. The number of carbonyl (C=O) groups excluding carboxylic acids is 1. The Labute approximate surface area is 137 Å². The number of methoxy groups -OCH3 is 1. The Morgan fingerprint density at radius 3 is 2.86 bits per heavy atom. The lowest BCUT2D eigenvalue weighted by Crippen LogP contribution is -2.39. The summed E-state index contributed by atoms with van der Waals surface area (Å²) in [6.07, 6.45) is 7.27. The first-order valence-corrected chi connectivity index (χ1v) is 7.81. The highest BCUT2D eigenvalue weighted by Crippen LogP contribution is 2.32. The Morgan fingerprint density at radius 1 is 1.45 bits per heavy atom. The van der Waals surface area contributed by atoms with Gasteiger partial charge in [0.15, 0.2) is 5.82 Å². The number of hydrogen-bond donors (Lipinski definition) is 2. The van der Waals surface area contributed by atoms with Gasteiger partial charge in [-0.1, -0.05) is 0 Å². The van der Waals surface area contributed by atoms with Gasteiger partial charge >= 0.3 is 0 Å². The van der Waals surface area contributed by atoms with Crippen LogP contribution in [0.4, 0.5) is 5.82 Å². The van der Waals surface area contributed by atoms with Gasteiger partial charge in [-0.15, -0.1) is 12.4 Å². The SMILES string of the molecule is COCCn1ccc(NC(=O)CC2CC3CCC(C2)N3)n1.Cl. The number of hydrogen-bond acceptors (Lipinski definition) is 4. The van der Waals surface area contributed by atoms with Crippen molar-refractivity contribution in [2.45, 2.75) is 50.7 Å². The maximum atomic E-state index is 12.1. The number of halogens is 1. The van der Waals surface area contributed by atoms with E-state index in [4.69, 9.17) is 4.74 Å². The Bertz CT molecular complexity index is 482. The zero-order valence-electron chi connectivity index (χ0n) is 13.0. The lowest BCUT2D eigenvalue weighted by molar-refractivity contribution is -0.117. The summed E-state index contributed by atoms with van der Waals surface area (Å²) in [6.45, 7) is 1.32. The molecule has 1 aromatic heterocycles. The Hall–Kier alpha value is -1.11. The zero-order valence-corrected chi connectivity index (χ0v) is 13.8. The number of fused-ring (bicyclic) bond motifs is 2. The van der Waals surface area contributed by atoms with Crippen LogP contribution in [0.2, 0.25) is 0 Å². The van der Waals surface area contributed by atoms with Crippen molar-refractivity contribution in [3.05, 3.63) is 12.3 Å². The van der Waals surface area contributed by atoms with Crippen LogP contribution in [0.3, 0.4) is 0 Å².